The van der Waals surface area contributed by atoms with Gasteiger partial charge in [0.2, 0.25) is 0 Å². The topological polar surface area (TPSA) is 21.3 Å². The lowest BCUT2D eigenvalue weighted by atomic mass is 10.2. The monoisotopic (exact) mass is 247 g/mol. The second-order valence-electron chi connectivity index (χ2n) is 4.20. The van der Waals surface area contributed by atoms with Crippen LogP contribution in [-0.2, 0) is 6.54 Å². The van der Waals surface area contributed by atoms with Crippen LogP contribution >= 0.6 is 0 Å². The molecule has 0 unspecified atom stereocenters. The minimum Gasteiger partial charge on any atom is -0.435 e. The molecule has 0 aliphatic heterocycles. The van der Waals surface area contributed by atoms with Crippen molar-refractivity contribution >= 4 is 0 Å². The Hall–Kier alpha value is -1.23. The van der Waals surface area contributed by atoms with E-state index in [4.69, 9.17) is 0 Å². The molecule has 1 N–H and O–H groups in total. The molecule has 1 aromatic carbocycles. The Morgan fingerprint density at radius 2 is 1.94 bits per heavy atom. The minimum absolute atomic E-state index is 0.152. The summed E-state index contributed by atoms with van der Waals surface area (Å²) in [4.78, 5) is 0. The zero-order chi connectivity index (χ0) is 12.8. The lowest BCUT2D eigenvalue weighted by Crippen LogP contribution is -2.19. The molecular formula is C12H16F3NO. The Bertz CT molecular complexity index is 356. The van der Waals surface area contributed by atoms with Crippen molar-refractivity contribution in [3.63, 3.8) is 0 Å². The van der Waals surface area contributed by atoms with Crippen LogP contribution in [0.5, 0.6) is 5.75 Å². The normalized spacial score (nSPS) is 11.2. The molecule has 0 fully saturated rings. The number of hydrogen-bond acceptors (Lipinski definition) is 2. The summed E-state index contributed by atoms with van der Waals surface area (Å²) in [6.45, 7) is 2.36. The Labute approximate surface area is 98.8 Å². The summed E-state index contributed by atoms with van der Waals surface area (Å²) >= 11 is 0. The number of halogens is 3. The zero-order valence-corrected chi connectivity index (χ0v) is 9.84. The van der Waals surface area contributed by atoms with Crippen LogP contribution < -0.4 is 10.1 Å². The van der Waals surface area contributed by atoms with Gasteiger partial charge in [0.1, 0.15) is 11.6 Å². The number of rotatable bonds is 6. The van der Waals surface area contributed by atoms with Gasteiger partial charge in [-0.1, -0.05) is 13.8 Å². The van der Waals surface area contributed by atoms with Gasteiger partial charge in [-0.05, 0) is 30.2 Å². The van der Waals surface area contributed by atoms with Crippen LogP contribution in [-0.4, -0.2) is 13.2 Å². The van der Waals surface area contributed by atoms with Crippen molar-refractivity contribution in [1.29, 1.82) is 0 Å². The Morgan fingerprint density at radius 3 is 2.53 bits per heavy atom. The van der Waals surface area contributed by atoms with Crippen LogP contribution in [0.1, 0.15) is 19.4 Å². The molecule has 0 aliphatic rings. The summed E-state index contributed by atoms with van der Waals surface area (Å²) < 4.78 is 41.2. The maximum Gasteiger partial charge on any atom is 0.387 e. The molecule has 96 valence electrons. The van der Waals surface area contributed by atoms with Gasteiger partial charge >= 0.3 is 6.61 Å². The van der Waals surface area contributed by atoms with Crippen molar-refractivity contribution in [2.75, 3.05) is 6.54 Å². The van der Waals surface area contributed by atoms with Crippen LogP contribution in [0, 0.1) is 11.7 Å². The summed E-state index contributed by atoms with van der Waals surface area (Å²) in [5.74, 6) is -0.258. The number of ether oxygens (including phenoxy) is 1. The summed E-state index contributed by atoms with van der Waals surface area (Å²) in [5.41, 5.74) is 0.585. The van der Waals surface area contributed by atoms with Crippen LogP contribution in [0.4, 0.5) is 13.2 Å². The van der Waals surface area contributed by atoms with Crippen LogP contribution in [0.25, 0.3) is 0 Å². The van der Waals surface area contributed by atoms with Gasteiger partial charge in [0.15, 0.2) is 0 Å². The number of alkyl halides is 2. The Balaban J connectivity index is 2.62. The van der Waals surface area contributed by atoms with Crippen molar-refractivity contribution in [3.8, 4) is 5.75 Å². The first-order valence-electron chi connectivity index (χ1n) is 5.42. The first-order valence-corrected chi connectivity index (χ1v) is 5.42. The molecule has 5 heteroatoms. The molecule has 0 atom stereocenters. The van der Waals surface area contributed by atoms with Crippen molar-refractivity contribution in [2.24, 2.45) is 5.92 Å². The molecule has 0 amide bonds. The minimum atomic E-state index is -2.94. The van der Waals surface area contributed by atoms with E-state index in [0.29, 0.717) is 18.0 Å². The molecule has 1 rings (SSSR count). The second-order valence-corrected chi connectivity index (χ2v) is 4.20. The first kappa shape index (κ1) is 13.8. The van der Waals surface area contributed by atoms with Crippen LogP contribution in [0.15, 0.2) is 18.2 Å². The third kappa shape index (κ3) is 5.58. The summed E-state index contributed by atoms with van der Waals surface area (Å²) in [6.07, 6.45) is 0. The average Bonchev–Trinajstić information content (AvgIpc) is 2.14. The van der Waals surface area contributed by atoms with E-state index in [2.05, 4.69) is 10.1 Å². The van der Waals surface area contributed by atoms with E-state index in [1.165, 1.54) is 12.1 Å². The number of hydrogen-bond donors (Lipinski definition) is 1. The smallest absolute Gasteiger partial charge is 0.387 e. The molecule has 0 aromatic heterocycles. The third-order valence-corrected chi connectivity index (χ3v) is 2.04. The van der Waals surface area contributed by atoms with E-state index in [9.17, 15) is 13.2 Å². The van der Waals surface area contributed by atoms with Gasteiger partial charge in [-0.15, -0.1) is 0 Å². The molecule has 0 radical (unpaired) electrons. The molecule has 0 heterocycles. The van der Waals surface area contributed by atoms with E-state index < -0.39 is 12.4 Å². The number of nitrogens with one attached hydrogen (secondary N) is 1. The number of benzene rings is 1. The predicted molar refractivity (Wildman–Crippen MR) is 59.6 cm³/mol. The van der Waals surface area contributed by atoms with Crippen LogP contribution in [0.3, 0.4) is 0 Å². The van der Waals surface area contributed by atoms with E-state index in [-0.39, 0.29) is 5.75 Å². The Kier molecular flexibility index (Phi) is 5.28. The summed E-state index contributed by atoms with van der Waals surface area (Å²) in [7, 11) is 0. The zero-order valence-electron chi connectivity index (χ0n) is 9.84. The molecule has 0 aliphatic carbocycles. The van der Waals surface area contributed by atoms with Gasteiger partial charge in [0.25, 0.3) is 0 Å². The first-order chi connectivity index (χ1) is 7.97. The average molecular weight is 247 g/mol. The van der Waals surface area contributed by atoms with Crippen molar-refractivity contribution in [2.45, 2.75) is 27.0 Å². The third-order valence-electron chi connectivity index (χ3n) is 2.04. The van der Waals surface area contributed by atoms with E-state index in [0.717, 1.165) is 12.6 Å². The quantitative estimate of drug-likeness (QED) is 0.833. The fourth-order valence-electron chi connectivity index (χ4n) is 1.40. The molecule has 0 spiro atoms. The molecule has 17 heavy (non-hydrogen) atoms. The SMILES string of the molecule is CC(C)CNCc1cc(F)cc(OC(F)F)c1. The Morgan fingerprint density at radius 1 is 1.24 bits per heavy atom. The second kappa shape index (κ2) is 6.49. The summed E-state index contributed by atoms with van der Waals surface area (Å²) in [5, 5.41) is 3.10. The molecule has 1 aromatic rings. The lowest BCUT2D eigenvalue weighted by molar-refractivity contribution is -0.0500. The highest BCUT2D eigenvalue weighted by Gasteiger charge is 2.07. The van der Waals surface area contributed by atoms with E-state index >= 15 is 0 Å². The molecule has 0 saturated heterocycles. The highest BCUT2D eigenvalue weighted by Crippen LogP contribution is 2.18. The standard InChI is InChI=1S/C12H16F3NO/c1-8(2)6-16-7-9-3-10(13)5-11(4-9)17-12(14)15/h3-5,8,12,16H,6-7H2,1-2H3. The van der Waals surface area contributed by atoms with Gasteiger partial charge in [0, 0.05) is 12.6 Å². The molecular weight excluding hydrogens is 231 g/mol. The largest absolute Gasteiger partial charge is 0.435 e. The highest BCUT2D eigenvalue weighted by atomic mass is 19.3. The molecule has 0 bridgehead atoms. The maximum atomic E-state index is 13.1. The van der Waals surface area contributed by atoms with Crippen molar-refractivity contribution in [1.82, 2.24) is 5.32 Å². The van der Waals surface area contributed by atoms with Gasteiger partial charge in [-0.3, -0.25) is 0 Å². The maximum absolute atomic E-state index is 13.1. The van der Waals surface area contributed by atoms with Gasteiger partial charge in [-0.25, -0.2) is 4.39 Å². The summed E-state index contributed by atoms with van der Waals surface area (Å²) in [6, 6.07) is 3.65. The van der Waals surface area contributed by atoms with Gasteiger partial charge in [-0.2, -0.15) is 8.78 Å². The fraction of sp³-hybridized carbons (Fsp3) is 0.500. The van der Waals surface area contributed by atoms with E-state index in [1.54, 1.807) is 0 Å². The van der Waals surface area contributed by atoms with E-state index in [1.807, 2.05) is 13.8 Å². The fourth-order valence-corrected chi connectivity index (χ4v) is 1.40. The van der Waals surface area contributed by atoms with Gasteiger partial charge < -0.3 is 10.1 Å². The lowest BCUT2D eigenvalue weighted by Gasteiger charge is -2.10. The van der Waals surface area contributed by atoms with Gasteiger partial charge in [0.05, 0.1) is 0 Å². The van der Waals surface area contributed by atoms with Crippen molar-refractivity contribution in [3.05, 3.63) is 29.6 Å². The predicted octanol–water partition coefficient (Wildman–Crippen LogP) is 3.17. The van der Waals surface area contributed by atoms with Crippen molar-refractivity contribution < 1.29 is 17.9 Å². The molecule has 0 saturated carbocycles. The molecule has 2 nitrogen and oxygen atoms in total. The van der Waals surface area contributed by atoms with Crippen LogP contribution in [0.2, 0.25) is 0 Å². The highest BCUT2D eigenvalue weighted by molar-refractivity contribution is 5.29.